The molecular formula is C23H19N3O5. The van der Waals surface area contributed by atoms with Gasteiger partial charge in [-0.1, -0.05) is 36.4 Å². The number of rotatable bonds is 5. The lowest BCUT2D eigenvalue weighted by Gasteiger charge is -2.24. The van der Waals surface area contributed by atoms with Crippen LogP contribution in [0.2, 0.25) is 0 Å². The van der Waals surface area contributed by atoms with Crippen LogP contribution in [-0.4, -0.2) is 41.0 Å². The van der Waals surface area contributed by atoms with Crippen LogP contribution >= 0.6 is 0 Å². The van der Waals surface area contributed by atoms with Crippen LogP contribution in [0.1, 0.15) is 17.2 Å². The molecular weight excluding hydrogens is 398 g/mol. The maximum Gasteiger partial charge on any atom is 0.302 e. The van der Waals surface area contributed by atoms with Gasteiger partial charge in [-0.2, -0.15) is 0 Å². The zero-order chi connectivity index (χ0) is 22.0. The molecule has 0 radical (unpaired) electrons. The van der Waals surface area contributed by atoms with E-state index in [4.69, 9.17) is 9.47 Å². The highest BCUT2D eigenvalue weighted by atomic mass is 16.5. The summed E-state index contributed by atoms with van der Waals surface area (Å²) in [6, 6.07) is 14.3. The fourth-order valence-corrected chi connectivity index (χ4v) is 3.54. The average molecular weight is 417 g/mol. The van der Waals surface area contributed by atoms with E-state index in [1.165, 1.54) is 31.5 Å². The minimum atomic E-state index is -0.956. The predicted molar refractivity (Wildman–Crippen MR) is 113 cm³/mol. The number of Topliss-reactive ketones (excluding diaryl/α,β-unsaturated/α-hetero) is 1. The predicted octanol–water partition coefficient (Wildman–Crippen LogP) is 3.12. The molecule has 31 heavy (non-hydrogen) atoms. The van der Waals surface area contributed by atoms with E-state index in [0.717, 1.165) is 0 Å². The van der Waals surface area contributed by atoms with Crippen molar-refractivity contribution in [3.8, 4) is 11.5 Å². The second kappa shape index (κ2) is 8.27. The number of aliphatic hydroxyl groups is 1. The minimum Gasteiger partial charge on any atom is -0.507 e. The zero-order valence-electron chi connectivity index (χ0n) is 16.9. The summed E-state index contributed by atoms with van der Waals surface area (Å²) in [5.74, 6) is -0.979. The number of anilines is 1. The summed E-state index contributed by atoms with van der Waals surface area (Å²) in [5, 5.41) is 11.0. The van der Waals surface area contributed by atoms with Gasteiger partial charge in [0.1, 0.15) is 5.76 Å². The van der Waals surface area contributed by atoms with E-state index in [1.807, 2.05) is 0 Å². The fourth-order valence-electron chi connectivity index (χ4n) is 3.54. The molecule has 1 amide bonds. The molecule has 8 heteroatoms. The molecule has 1 atom stereocenters. The van der Waals surface area contributed by atoms with Gasteiger partial charge < -0.3 is 14.6 Å². The molecule has 2 heterocycles. The lowest BCUT2D eigenvalue weighted by Crippen LogP contribution is -2.31. The van der Waals surface area contributed by atoms with Crippen molar-refractivity contribution in [2.45, 2.75) is 6.04 Å². The lowest BCUT2D eigenvalue weighted by molar-refractivity contribution is -0.132. The number of carbonyl (C=O) groups excluding carboxylic acids is 2. The summed E-state index contributed by atoms with van der Waals surface area (Å²) in [5.41, 5.74) is 0.887. The van der Waals surface area contributed by atoms with Gasteiger partial charge in [0.25, 0.3) is 5.78 Å². The van der Waals surface area contributed by atoms with Crippen LogP contribution in [0.5, 0.6) is 11.5 Å². The smallest absolute Gasteiger partial charge is 0.302 e. The van der Waals surface area contributed by atoms with Crippen LogP contribution in [0.25, 0.3) is 5.76 Å². The number of amides is 1. The van der Waals surface area contributed by atoms with Crippen LogP contribution in [0.3, 0.4) is 0 Å². The van der Waals surface area contributed by atoms with E-state index >= 15 is 0 Å². The number of hydrogen-bond donors (Lipinski definition) is 1. The molecule has 156 valence electrons. The maximum atomic E-state index is 13.0. The average Bonchev–Trinajstić information content (AvgIpc) is 3.09. The van der Waals surface area contributed by atoms with Gasteiger partial charge in [0, 0.05) is 18.0 Å². The number of nitrogens with zero attached hydrogens (tertiary/aromatic N) is 3. The molecule has 0 saturated carbocycles. The number of aromatic nitrogens is 2. The van der Waals surface area contributed by atoms with Crippen LogP contribution in [0.4, 0.5) is 5.95 Å². The van der Waals surface area contributed by atoms with Crippen molar-refractivity contribution in [1.82, 2.24) is 9.97 Å². The Balaban J connectivity index is 1.96. The number of aliphatic hydroxyl groups excluding tert-OH is 1. The van der Waals surface area contributed by atoms with E-state index in [0.29, 0.717) is 22.6 Å². The Morgan fingerprint density at radius 3 is 2.26 bits per heavy atom. The molecule has 0 unspecified atom stereocenters. The first-order valence-corrected chi connectivity index (χ1v) is 9.42. The summed E-state index contributed by atoms with van der Waals surface area (Å²) in [7, 11) is 3.00. The summed E-state index contributed by atoms with van der Waals surface area (Å²) in [6.07, 6.45) is 2.95. The first-order chi connectivity index (χ1) is 15.1. The second-order valence-electron chi connectivity index (χ2n) is 6.70. The molecule has 8 nitrogen and oxygen atoms in total. The monoisotopic (exact) mass is 417 g/mol. The van der Waals surface area contributed by atoms with E-state index in [-0.39, 0.29) is 17.3 Å². The number of methoxy groups -OCH3 is 2. The Morgan fingerprint density at radius 2 is 1.61 bits per heavy atom. The first-order valence-electron chi connectivity index (χ1n) is 9.42. The van der Waals surface area contributed by atoms with Gasteiger partial charge in [0.05, 0.1) is 25.8 Å². The van der Waals surface area contributed by atoms with Gasteiger partial charge >= 0.3 is 5.91 Å². The van der Waals surface area contributed by atoms with Gasteiger partial charge in [0.15, 0.2) is 11.5 Å². The SMILES string of the molecule is COc1ccc([C@@H]2C(=C(O)c3ccccc3)C(=O)C(=O)N2c2ncccn2)cc1OC. The molecule has 1 aliphatic rings. The Hall–Kier alpha value is -4.20. The van der Waals surface area contributed by atoms with Crippen molar-refractivity contribution in [2.75, 3.05) is 19.1 Å². The number of carbonyl (C=O) groups is 2. The summed E-state index contributed by atoms with van der Waals surface area (Å²) < 4.78 is 10.7. The Bertz CT molecular complexity index is 1160. The van der Waals surface area contributed by atoms with E-state index in [9.17, 15) is 14.7 Å². The van der Waals surface area contributed by atoms with Crippen LogP contribution < -0.4 is 14.4 Å². The quantitative estimate of drug-likeness (QED) is 0.387. The van der Waals surface area contributed by atoms with Gasteiger partial charge in [-0.25, -0.2) is 9.97 Å². The van der Waals surface area contributed by atoms with Gasteiger partial charge in [-0.15, -0.1) is 0 Å². The zero-order valence-corrected chi connectivity index (χ0v) is 16.9. The molecule has 1 aromatic heterocycles. The van der Waals surface area contributed by atoms with Gasteiger partial charge in [-0.05, 0) is 23.8 Å². The van der Waals surface area contributed by atoms with Crippen molar-refractivity contribution in [1.29, 1.82) is 0 Å². The second-order valence-corrected chi connectivity index (χ2v) is 6.70. The lowest BCUT2D eigenvalue weighted by atomic mass is 9.95. The molecule has 0 bridgehead atoms. The minimum absolute atomic E-state index is 0.0523. The van der Waals surface area contributed by atoms with Gasteiger partial charge in [0.2, 0.25) is 5.95 Å². The molecule has 1 N–H and O–H groups in total. The molecule has 3 aromatic rings. The number of ether oxygens (including phenoxy) is 2. The number of benzene rings is 2. The molecule has 1 aliphatic heterocycles. The molecule has 1 fully saturated rings. The van der Waals surface area contributed by atoms with E-state index < -0.39 is 17.7 Å². The first kappa shape index (κ1) is 20.1. The van der Waals surface area contributed by atoms with Crippen LogP contribution in [0, 0.1) is 0 Å². The number of hydrogen-bond acceptors (Lipinski definition) is 7. The topological polar surface area (TPSA) is 102 Å². The Kier molecular flexibility index (Phi) is 5.36. The van der Waals surface area contributed by atoms with Gasteiger partial charge in [-0.3, -0.25) is 14.5 Å². The van der Waals surface area contributed by atoms with Crippen molar-refractivity contribution >= 4 is 23.4 Å². The Morgan fingerprint density at radius 1 is 0.935 bits per heavy atom. The van der Waals surface area contributed by atoms with E-state index in [1.54, 1.807) is 54.6 Å². The molecule has 0 aliphatic carbocycles. The normalized spacial score (nSPS) is 17.6. The molecule has 0 spiro atoms. The maximum absolute atomic E-state index is 13.0. The largest absolute Gasteiger partial charge is 0.507 e. The van der Waals surface area contributed by atoms with Crippen LogP contribution in [0.15, 0.2) is 72.6 Å². The van der Waals surface area contributed by atoms with Crippen molar-refractivity contribution in [3.63, 3.8) is 0 Å². The molecule has 1 saturated heterocycles. The van der Waals surface area contributed by atoms with Crippen molar-refractivity contribution in [2.24, 2.45) is 0 Å². The van der Waals surface area contributed by atoms with Crippen molar-refractivity contribution in [3.05, 3.63) is 83.7 Å². The highest BCUT2D eigenvalue weighted by Gasteiger charge is 2.48. The summed E-state index contributed by atoms with van der Waals surface area (Å²) in [4.78, 5) is 35.5. The Labute approximate surface area is 178 Å². The van der Waals surface area contributed by atoms with E-state index in [2.05, 4.69) is 9.97 Å². The fraction of sp³-hybridized carbons (Fsp3) is 0.130. The highest BCUT2D eigenvalue weighted by Crippen LogP contribution is 2.43. The summed E-state index contributed by atoms with van der Waals surface area (Å²) in [6.45, 7) is 0. The van der Waals surface area contributed by atoms with Crippen molar-refractivity contribution < 1.29 is 24.2 Å². The van der Waals surface area contributed by atoms with Crippen LogP contribution in [-0.2, 0) is 9.59 Å². The third kappa shape index (κ3) is 3.48. The third-order valence-corrected chi connectivity index (χ3v) is 4.98. The standard InChI is InChI=1S/C23H19N3O5/c1-30-16-10-9-15(13-17(16)31-2)19-18(20(27)14-7-4-3-5-8-14)21(28)22(29)26(19)23-24-11-6-12-25-23/h3-13,19,27H,1-2H3/t19-/m1/s1. The highest BCUT2D eigenvalue weighted by molar-refractivity contribution is 6.51. The molecule has 4 rings (SSSR count). The summed E-state index contributed by atoms with van der Waals surface area (Å²) >= 11 is 0. The molecule has 2 aromatic carbocycles. The third-order valence-electron chi connectivity index (χ3n) is 4.98. The number of ketones is 1.